The highest BCUT2D eigenvalue weighted by Gasteiger charge is 2.26. The minimum absolute atomic E-state index is 0.243. The smallest absolute Gasteiger partial charge is 0.340 e. The summed E-state index contributed by atoms with van der Waals surface area (Å²) in [5, 5.41) is 9.06. The Kier molecular flexibility index (Phi) is 8.48. The fourth-order valence-electron chi connectivity index (χ4n) is 4.18. The van der Waals surface area contributed by atoms with E-state index in [1.54, 1.807) is 0 Å². The number of unbranched alkanes of at least 4 members (excludes halogenated alkanes) is 3. The average molecular weight is 420 g/mol. The molecular weight excluding hydrogens is 386 g/mol. The Labute approximate surface area is 185 Å². The Balaban J connectivity index is 2.09. The minimum atomic E-state index is -0.257. The summed E-state index contributed by atoms with van der Waals surface area (Å²) < 4.78 is 7.77. The molecule has 3 aromatic rings. The van der Waals surface area contributed by atoms with Crippen LogP contribution in [0.1, 0.15) is 59.9 Å². The van der Waals surface area contributed by atoms with Crippen LogP contribution in [0.4, 0.5) is 0 Å². The zero-order valence-corrected chi connectivity index (χ0v) is 18.6. The molecule has 0 saturated carbocycles. The van der Waals surface area contributed by atoms with E-state index in [1.807, 2.05) is 38.1 Å². The summed E-state index contributed by atoms with van der Waals surface area (Å²) in [4.78, 5) is 13.0. The molecule has 0 spiro atoms. The van der Waals surface area contributed by atoms with Crippen molar-refractivity contribution < 1.29 is 14.6 Å². The van der Waals surface area contributed by atoms with E-state index < -0.39 is 0 Å². The van der Waals surface area contributed by atoms with Gasteiger partial charge >= 0.3 is 5.97 Å². The summed E-state index contributed by atoms with van der Waals surface area (Å²) >= 11 is 0. The molecule has 4 nitrogen and oxygen atoms in total. The van der Waals surface area contributed by atoms with Crippen LogP contribution in [0.15, 0.2) is 60.7 Å². The summed E-state index contributed by atoms with van der Waals surface area (Å²) in [6.07, 6.45) is 4.67. The van der Waals surface area contributed by atoms with Crippen molar-refractivity contribution in [3.63, 3.8) is 0 Å². The molecule has 0 atom stereocenters. The van der Waals surface area contributed by atoms with Crippen LogP contribution in [0, 0.1) is 6.92 Å². The van der Waals surface area contributed by atoms with E-state index in [4.69, 9.17) is 9.84 Å². The predicted octanol–water partition coefficient (Wildman–Crippen LogP) is 5.78. The molecule has 164 valence electrons. The van der Waals surface area contributed by atoms with Crippen molar-refractivity contribution >= 4 is 5.97 Å². The highest BCUT2D eigenvalue weighted by atomic mass is 16.5. The standard InChI is InChI=1S/C27H33NO3/c1-3-31-27(30)25-21(2)28(18-12-4-5-13-19-29)24(20-22-14-8-6-9-15-22)26(25)23-16-10-7-11-17-23/h6-11,14-17,29H,3-5,12-13,18-20H2,1-2H3. The van der Waals surface area contributed by atoms with Crippen LogP contribution in [0.2, 0.25) is 0 Å². The monoisotopic (exact) mass is 419 g/mol. The van der Waals surface area contributed by atoms with Gasteiger partial charge in [0.1, 0.15) is 0 Å². The van der Waals surface area contributed by atoms with Gasteiger partial charge in [0.15, 0.2) is 0 Å². The van der Waals surface area contributed by atoms with E-state index in [2.05, 4.69) is 41.0 Å². The summed E-state index contributed by atoms with van der Waals surface area (Å²) in [6.45, 7) is 5.32. The van der Waals surface area contributed by atoms with Gasteiger partial charge in [-0.1, -0.05) is 73.5 Å². The molecular formula is C27H33NO3. The van der Waals surface area contributed by atoms with E-state index in [0.717, 1.165) is 61.2 Å². The quantitative estimate of drug-likeness (QED) is 0.316. The lowest BCUT2D eigenvalue weighted by Gasteiger charge is -2.14. The molecule has 0 bridgehead atoms. The Morgan fingerprint density at radius 1 is 0.935 bits per heavy atom. The fraction of sp³-hybridized carbons (Fsp3) is 0.370. The molecule has 31 heavy (non-hydrogen) atoms. The largest absolute Gasteiger partial charge is 0.462 e. The first-order chi connectivity index (χ1) is 15.2. The topological polar surface area (TPSA) is 51.5 Å². The lowest BCUT2D eigenvalue weighted by Crippen LogP contribution is -2.09. The number of aromatic nitrogens is 1. The number of hydrogen-bond acceptors (Lipinski definition) is 3. The third-order valence-electron chi connectivity index (χ3n) is 5.68. The molecule has 3 rings (SSSR count). The first-order valence-corrected chi connectivity index (χ1v) is 11.3. The van der Waals surface area contributed by atoms with Gasteiger partial charge in [0.2, 0.25) is 0 Å². The maximum absolute atomic E-state index is 13.0. The Morgan fingerprint density at radius 2 is 1.58 bits per heavy atom. The lowest BCUT2D eigenvalue weighted by molar-refractivity contribution is 0.0526. The van der Waals surface area contributed by atoms with Crippen molar-refractivity contribution in [2.24, 2.45) is 0 Å². The maximum Gasteiger partial charge on any atom is 0.340 e. The lowest BCUT2D eigenvalue weighted by atomic mass is 9.97. The molecule has 0 aliphatic heterocycles. The number of rotatable bonds is 11. The van der Waals surface area contributed by atoms with E-state index in [-0.39, 0.29) is 12.6 Å². The van der Waals surface area contributed by atoms with Gasteiger partial charge in [-0.15, -0.1) is 0 Å². The van der Waals surface area contributed by atoms with Gasteiger partial charge in [0.25, 0.3) is 0 Å². The highest BCUT2D eigenvalue weighted by Crippen LogP contribution is 2.35. The summed E-state index contributed by atoms with van der Waals surface area (Å²) in [6, 6.07) is 20.6. The van der Waals surface area contributed by atoms with Crippen molar-refractivity contribution in [3.8, 4) is 11.1 Å². The van der Waals surface area contributed by atoms with Crippen LogP contribution < -0.4 is 0 Å². The van der Waals surface area contributed by atoms with Gasteiger partial charge in [0.05, 0.1) is 12.2 Å². The van der Waals surface area contributed by atoms with Gasteiger partial charge in [0, 0.05) is 36.5 Å². The number of aliphatic hydroxyl groups is 1. The van der Waals surface area contributed by atoms with E-state index in [9.17, 15) is 4.79 Å². The second-order valence-electron chi connectivity index (χ2n) is 7.82. The second kappa shape index (κ2) is 11.5. The van der Waals surface area contributed by atoms with Gasteiger partial charge in [-0.25, -0.2) is 4.79 Å². The molecule has 0 aliphatic rings. The van der Waals surface area contributed by atoms with E-state index >= 15 is 0 Å². The third-order valence-corrected chi connectivity index (χ3v) is 5.68. The van der Waals surface area contributed by atoms with Crippen molar-refractivity contribution in [3.05, 3.63) is 83.2 Å². The van der Waals surface area contributed by atoms with Crippen LogP contribution in [0.3, 0.4) is 0 Å². The SMILES string of the molecule is CCOC(=O)c1c(-c2ccccc2)c(Cc2ccccc2)n(CCCCCCO)c1C. The molecule has 0 saturated heterocycles. The number of ether oxygens (including phenoxy) is 1. The number of carbonyl (C=O) groups excluding carboxylic acids is 1. The molecule has 2 aromatic carbocycles. The average Bonchev–Trinajstić information content (AvgIpc) is 3.06. The van der Waals surface area contributed by atoms with Crippen molar-refractivity contribution in [2.45, 2.75) is 52.5 Å². The summed E-state index contributed by atoms with van der Waals surface area (Å²) in [7, 11) is 0. The predicted molar refractivity (Wildman–Crippen MR) is 125 cm³/mol. The highest BCUT2D eigenvalue weighted by molar-refractivity contribution is 6.00. The van der Waals surface area contributed by atoms with Crippen LogP contribution in [-0.2, 0) is 17.7 Å². The number of nitrogens with zero attached hydrogens (tertiary/aromatic N) is 1. The van der Waals surface area contributed by atoms with Crippen molar-refractivity contribution in [1.29, 1.82) is 0 Å². The molecule has 1 aromatic heterocycles. The number of carbonyl (C=O) groups is 1. The van der Waals surface area contributed by atoms with E-state index in [1.165, 1.54) is 5.56 Å². The van der Waals surface area contributed by atoms with Gasteiger partial charge < -0.3 is 14.4 Å². The van der Waals surface area contributed by atoms with Crippen LogP contribution in [-0.4, -0.2) is 28.9 Å². The molecule has 0 amide bonds. The molecule has 0 aliphatic carbocycles. The zero-order valence-electron chi connectivity index (χ0n) is 18.6. The molecule has 0 unspecified atom stereocenters. The number of benzene rings is 2. The molecule has 1 heterocycles. The van der Waals surface area contributed by atoms with Gasteiger partial charge in [-0.2, -0.15) is 0 Å². The molecule has 0 fully saturated rings. The fourth-order valence-corrected chi connectivity index (χ4v) is 4.18. The number of hydrogen-bond donors (Lipinski definition) is 1. The summed E-state index contributed by atoms with van der Waals surface area (Å²) in [5.41, 5.74) is 6.03. The molecule has 1 N–H and O–H groups in total. The Hall–Kier alpha value is -2.85. The van der Waals surface area contributed by atoms with Crippen LogP contribution in [0.5, 0.6) is 0 Å². The number of aliphatic hydroxyl groups excluding tert-OH is 1. The van der Waals surface area contributed by atoms with Crippen molar-refractivity contribution in [2.75, 3.05) is 13.2 Å². The van der Waals surface area contributed by atoms with Crippen LogP contribution in [0.25, 0.3) is 11.1 Å². The molecule has 4 heteroatoms. The minimum Gasteiger partial charge on any atom is -0.462 e. The third kappa shape index (κ3) is 5.65. The van der Waals surface area contributed by atoms with Crippen molar-refractivity contribution in [1.82, 2.24) is 4.57 Å². The first-order valence-electron chi connectivity index (χ1n) is 11.3. The first kappa shape index (κ1) is 22.8. The zero-order chi connectivity index (χ0) is 22.1. The maximum atomic E-state index is 13.0. The second-order valence-corrected chi connectivity index (χ2v) is 7.82. The van der Waals surface area contributed by atoms with Gasteiger partial charge in [-0.05, 0) is 37.8 Å². The Morgan fingerprint density at radius 3 is 2.23 bits per heavy atom. The molecule has 0 radical (unpaired) electrons. The van der Waals surface area contributed by atoms with Crippen LogP contribution >= 0.6 is 0 Å². The van der Waals surface area contributed by atoms with E-state index in [0.29, 0.717) is 12.2 Å². The van der Waals surface area contributed by atoms with Gasteiger partial charge in [-0.3, -0.25) is 0 Å². The summed E-state index contributed by atoms with van der Waals surface area (Å²) in [5.74, 6) is -0.257. The number of esters is 1. The Bertz CT molecular complexity index is 961. The normalized spacial score (nSPS) is 10.9.